The molecule has 25 heavy (non-hydrogen) atoms. The van der Waals surface area contributed by atoms with E-state index in [9.17, 15) is 9.90 Å². The van der Waals surface area contributed by atoms with Gasteiger partial charge in [-0.25, -0.2) is 9.67 Å². The Bertz CT molecular complexity index is 967. The van der Waals surface area contributed by atoms with Crippen LogP contribution in [0.4, 0.5) is 0 Å². The summed E-state index contributed by atoms with van der Waals surface area (Å²) in [5.74, 6) is 0. The molecule has 130 valence electrons. The number of aromatic nitrogens is 4. The molecule has 3 aromatic rings. The van der Waals surface area contributed by atoms with Gasteiger partial charge < -0.3 is 5.11 Å². The van der Waals surface area contributed by atoms with E-state index in [0.29, 0.717) is 17.6 Å². The van der Waals surface area contributed by atoms with Crippen molar-refractivity contribution < 1.29 is 5.11 Å². The molecule has 6 heteroatoms. The fourth-order valence-corrected chi connectivity index (χ4v) is 3.72. The van der Waals surface area contributed by atoms with Crippen LogP contribution in [0, 0.1) is 6.92 Å². The summed E-state index contributed by atoms with van der Waals surface area (Å²) < 4.78 is 3.23. The molecule has 0 amide bonds. The molecule has 0 bridgehead atoms. The van der Waals surface area contributed by atoms with Gasteiger partial charge in [0.05, 0.1) is 24.0 Å². The minimum atomic E-state index is -0.802. The van der Waals surface area contributed by atoms with Crippen molar-refractivity contribution in [3.8, 4) is 5.69 Å². The second kappa shape index (κ2) is 6.11. The highest BCUT2D eigenvalue weighted by Gasteiger charge is 2.30. The first-order valence-corrected chi connectivity index (χ1v) is 8.79. The molecule has 6 nitrogen and oxygen atoms in total. The van der Waals surface area contributed by atoms with Crippen LogP contribution >= 0.6 is 0 Å². The largest absolute Gasteiger partial charge is 0.388 e. The van der Waals surface area contributed by atoms with Gasteiger partial charge in [0, 0.05) is 0 Å². The van der Waals surface area contributed by atoms with Crippen molar-refractivity contribution in [2.45, 2.75) is 51.2 Å². The maximum atomic E-state index is 12.8. The van der Waals surface area contributed by atoms with E-state index in [1.54, 1.807) is 10.9 Å². The molecule has 0 unspecified atom stereocenters. The van der Waals surface area contributed by atoms with Crippen molar-refractivity contribution in [1.82, 2.24) is 19.3 Å². The van der Waals surface area contributed by atoms with Crippen molar-refractivity contribution in [2.75, 3.05) is 0 Å². The number of benzene rings is 1. The summed E-state index contributed by atoms with van der Waals surface area (Å²) in [5.41, 5.74) is 1.57. The monoisotopic (exact) mass is 338 g/mol. The Morgan fingerprint density at radius 1 is 1.20 bits per heavy atom. The minimum absolute atomic E-state index is 0.149. The molecule has 1 aliphatic carbocycles. The predicted molar refractivity (Wildman–Crippen MR) is 95.9 cm³/mol. The number of aliphatic hydroxyl groups is 1. The third-order valence-corrected chi connectivity index (χ3v) is 5.15. The quantitative estimate of drug-likeness (QED) is 0.797. The first-order chi connectivity index (χ1) is 12.1. The molecule has 0 aliphatic heterocycles. The third-order valence-electron chi connectivity index (χ3n) is 5.15. The third kappa shape index (κ3) is 2.87. The SMILES string of the molecule is Cc1ccccc1-n1ncc2c(=O)n(CC3(O)CCCCC3)cnc21. The van der Waals surface area contributed by atoms with E-state index in [1.165, 1.54) is 10.9 Å². The maximum Gasteiger partial charge on any atom is 0.264 e. The van der Waals surface area contributed by atoms with Crippen LogP contribution in [-0.4, -0.2) is 30.0 Å². The van der Waals surface area contributed by atoms with Crippen LogP contribution in [0.1, 0.15) is 37.7 Å². The Hall–Kier alpha value is -2.47. The molecule has 1 saturated carbocycles. The van der Waals surface area contributed by atoms with Crippen LogP contribution in [0.2, 0.25) is 0 Å². The van der Waals surface area contributed by atoms with Crippen molar-refractivity contribution >= 4 is 11.0 Å². The Morgan fingerprint density at radius 2 is 1.96 bits per heavy atom. The number of hydrogen-bond acceptors (Lipinski definition) is 4. The van der Waals surface area contributed by atoms with Crippen LogP contribution in [0.15, 0.2) is 41.6 Å². The Kier molecular flexibility index (Phi) is 3.92. The Morgan fingerprint density at radius 3 is 2.72 bits per heavy atom. The average molecular weight is 338 g/mol. The van der Waals surface area contributed by atoms with Gasteiger partial charge in [-0.3, -0.25) is 9.36 Å². The summed E-state index contributed by atoms with van der Waals surface area (Å²) >= 11 is 0. The smallest absolute Gasteiger partial charge is 0.264 e. The molecule has 1 N–H and O–H groups in total. The fourth-order valence-electron chi connectivity index (χ4n) is 3.72. The van der Waals surface area contributed by atoms with E-state index < -0.39 is 5.60 Å². The van der Waals surface area contributed by atoms with Gasteiger partial charge in [0.15, 0.2) is 5.65 Å². The van der Waals surface area contributed by atoms with Gasteiger partial charge in [-0.1, -0.05) is 37.5 Å². The summed E-state index contributed by atoms with van der Waals surface area (Å²) in [6.07, 6.45) is 7.74. The number of nitrogens with zero attached hydrogens (tertiary/aromatic N) is 4. The zero-order valence-corrected chi connectivity index (χ0v) is 14.4. The normalized spacial score (nSPS) is 17.0. The summed E-state index contributed by atoms with van der Waals surface area (Å²) in [6, 6.07) is 7.87. The number of aryl methyl sites for hydroxylation is 1. The number of rotatable bonds is 3. The van der Waals surface area contributed by atoms with Gasteiger partial charge in [-0.2, -0.15) is 5.10 Å². The molecular formula is C19H22N4O2. The van der Waals surface area contributed by atoms with Crippen molar-refractivity contribution in [3.63, 3.8) is 0 Å². The molecule has 1 aliphatic rings. The lowest BCUT2D eigenvalue weighted by Crippen LogP contribution is -2.39. The zero-order chi connectivity index (χ0) is 17.4. The lowest BCUT2D eigenvalue weighted by molar-refractivity contribution is -0.0123. The summed E-state index contributed by atoms with van der Waals surface area (Å²) in [5, 5.41) is 15.6. The number of para-hydroxylation sites is 1. The van der Waals surface area contributed by atoms with Crippen LogP contribution < -0.4 is 5.56 Å². The molecule has 0 saturated heterocycles. The molecule has 1 aromatic carbocycles. The summed E-state index contributed by atoms with van der Waals surface area (Å²) in [7, 11) is 0. The standard InChI is InChI=1S/C19H22N4O2/c1-14-7-3-4-8-16(14)23-17-15(11-21-23)18(24)22(13-20-17)12-19(25)9-5-2-6-10-19/h3-4,7-8,11,13,25H,2,5-6,9-10,12H2,1H3. The van der Waals surface area contributed by atoms with E-state index in [2.05, 4.69) is 10.1 Å². The molecular weight excluding hydrogens is 316 g/mol. The molecule has 0 radical (unpaired) electrons. The van der Waals surface area contributed by atoms with Gasteiger partial charge in [0.25, 0.3) is 5.56 Å². The predicted octanol–water partition coefficient (Wildman–Crippen LogP) is 2.59. The average Bonchev–Trinajstić information content (AvgIpc) is 3.03. The van der Waals surface area contributed by atoms with Crippen LogP contribution in [0.3, 0.4) is 0 Å². The van der Waals surface area contributed by atoms with Crippen LogP contribution in [-0.2, 0) is 6.54 Å². The van der Waals surface area contributed by atoms with Gasteiger partial charge in [-0.15, -0.1) is 0 Å². The van der Waals surface area contributed by atoms with Crippen molar-refractivity contribution in [3.05, 3.63) is 52.7 Å². The number of fused-ring (bicyclic) bond motifs is 1. The van der Waals surface area contributed by atoms with Gasteiger partial charge in [0.2, 0.25) is 0 Å². The molecule has 4 rings (SSSR count). The summed E-state index contributed by atoms with van der Waals surface area (Å²) in [6.45, 7) is 2.30. The lowest BCUT2D eigenvalue weighted by Gasteiger charge is -2.32. The van der Waals surface area contributed by atoms with Crippen LogP contribution in [0.25, 0.3) is 16.7 Å². The van der Waals surface area contributed by atoms with E-state index in [4.69, 9.17) is 0 Å². The van der Waals surface area contributed by atoms with E-state index in [-0.39, 0.29) is 5.56 Å². The number of hydrogen-bond donors (Lipinski definition) is 1. The highest BCUT2D eigenvalue weighted by Crippen LogP contribution is 2.29. The second-order valence-electron chi connectivity index (χ2n) is 7.04. The molecule has 0 spiro atoms. The summed E-state index contributed by atoms with van der Waals surface area (Å²) in [4.78, 5) is 17.3. The molecule has 2 aromatic heterocycles. The Labute approximate surface area is 145 Å². The highest BCUT2D eigenvalue weighted by atomic mass is 16.3. The van der Waals surface area contributed by atoms with Gasteiger partial charge >= 0.3 is 0 Å². The lowest BCUT2D eigenvalue weighted by atomic mass is 9.85. The Balaban J connectivity index is 1.75. The van der Waals surface area contributed by atoms with Crippen molar-refractivity contribution in [2.24, 2.45) is 0 Å². The highest BCUT2D eigenvalue weighted by molar-refractivity contribution is 5.75. The van der Waals surface area contributed by atoms with E-state index >= 15 is 0 Å². The molecule has 0 atom stereocenters. The fraction of sp³-hybridized carbons (Fsp3) is 0.421. The van der Waals surface area contributed by atoms with Gasteiger partial charge in [-0.05, 0) is 31.4 Å². The molecule has 1 fully saturated rings. The topological polar surface area (TPSA) is 72.9 Å². The maximum absolute atomic E-state index is 12.8. The van der Waals surface area contributed by atoms with Crippen molar-refractivity contribution in [1.29, 1.82) is 0 Å². The minimum Gasteiger partial charge on any atom is -0.388 e. The van der Waals surface area contributed by atoms with Gasteiger partial charge in [0.1, 0.15) is 11.7 Å². The van der Waals surface area contributed by atoms with Crippen LogP contribution in [0.5, 0.6) is 0 Å². The van der Waals surface area contributed by atoms with E-state index in [1.807, 2.05) is 31.2 Å². The zero-order valence-electron chi connectivity index (χ0n) is 14.4. The second-order valence-corrected chi connectivity index (χ2v) is 7.04. The van der Waals surface area contributed by atoms with E-state index in [0.717, 1.165) is 43.4 Å². The first-order valence-electron chi connectivity index (χ1n) is 8.79. The first kappa shape index (κ1) is 16.0. The molecule has 2 heterocycles.